The van der Waals surface area contributed by atoms with Crippen LogP contribution in [0, 0.1) is 5.82 Å². The maximum Gasteiger partial charge on any atom is 0.325 e. The van der Waals surface area contributed by atoms with Crippen molar-refractivity contribution in [2.24, 2.45) is 0 Å². The number of hydrogen-bond acceptors (Lipinski definition) is 5. The molecule has 1 unspecified atom stereocenters. The van der Waals surface area contributed by atoms with Crippen molar-refractivity contribution in [1.29, 1.82) is 0 Å². The van der Waals surface area contributed by atoms with E-state index in [9.17, 15) is 18.8 Å². The van der Waals surface area contributed by atoms with Gasteiger partial charge in [-0.2, -0.15) is 0 Å². The number of fused-ring (bicyclic) bond motifs is 1. The highest BCUT2D eigenvalue weighted by Gasteiger charge is 2.49. The molecular weight excluding hydrogens is 417 g/mol. The number of imide groups is 1. The first-order valence-electron chi connectivity index (χ1n) is 10.5. The molecule has 2 aromatic rings. The molecule has 2 N–H and O–H groups in total. The molecule has 1 saturated carbocycles. The Morgan fingerprint density at radius 3 is 2.50 bits per heavy atom. The molecule has 1 saturated heterocycles. The lowest BCUT2D eigenvalue weighted by Gasteiger charge is -2.22. The molecule has 4 amide bonds. The number of rotatable bonds is 4. The van der Waals surface area contributed by atoms with Crippen LogP contribution < -0.4 is 20.1 Å². The summed E-state index contributed by atoms with van der Waals surface area (Å²) in [6.45, 7) is 1.06. The Morgan fingerprint density at radius 2 is 1.78 bits per heavy atom. The van der Waals surface area contributed by atoms with Gasteiger partial charge in [0.25, 0.3) is 11.7 Å². The van der Waals surface area contributed by atoms with Crippen molar-refractivity contribution in [3.8, 4) is 11.5 Å². The third-order valence-corrected chi connectivity index (χ3v) is 6.18. The van der Waals surface area contributed by atoms with Crippen LogP contribution in [0.25, 0.3) is 0 Å². The van der Waals surface area contributed by atoms with Gasteiger partial charge in [0.1, 0.15) is 17.9 Å². The number of nitrogens with zero attached hydrogens (tertiary/aromatic N) is 1. The van der Waals surface area contributed by atoms with Gasteiger partial charge in [-0.15, -0.1) is 0 Å². The number of amides is 4. The number of halogens is 1. The minimum atomic E-state index is -1.38. The minimum absolute atomic E-state index is 0.428. The van der Waals surface area contributed by atoms with Crippen molar-refractivity contribution >= 4 is 23.5 Å². The van der Waals surface area contributed by atoms with E-state index in [1.165, 1.54) is 31.2 Å². The third kappa shape index (κ3) is 3.34. The summed E-state index contributed by atoms with van der Waals surface area (Å²) in [5.41, 5.74) is -0.475. The van der Waals surface area contributed by atoms with Crippen LogP contribution in [0.5, 0.6) is 11.5 Å². The summed E-state index contributed by atoms with van der Waals surface area (Å²) in [5, 5.41) is 5.29. The molecule has 2 fully saturated rings. The largest absolute Gasteiger partial charge is 0.448 e. The summed E-state index contributed by atoms with van der Waals surface area (Å²) in [7, 11) is 0. The Kier molecular flexibility index (Phi) is 4.58. The molecule has 2 heterocycles. The lowest BCUT2D eigenvalue weighted by molar-refractivity contribution is -0.133. The van der Waals surface area contributed by atoms with E-state index in [1.54, 1.807) is 18.2 Å². The highest BCUT2D eigenvalue weighted by atomic mass is 19.1. The number of ether oxygens (including phenoxy) is 2. The second kappa shape index (κ2) is 7.22. The van der Waals surface area contributed by atoms with Gasteiger partial charge in [0, 0.05) is 24.6 Å². The summed E-state index contributed by atoms with van der Waals surface area (Å²) in [6.07, 6.45) is 3.73. The van der Waals surface area contributed by atoms with Crippen molar-refractivity contribution in [2.45, 2.75) is 43.9 Å². The lowest BCUT2D eigenvalue weighted by Crippen LogP contribution is -2.42. The average Bonchev–Trinajstić information content (AvgIpc) is 3.42. The van der Waals surface area contributed by atoms with E-state index in [1.807, 2.05) is 0 Å². The van der Waals surface area contributed by atoms with Gasteiger partial charge in [-0.25, -0.2) is 9.18 Å². The second-order valence-corrected chi connectivity index (χ2v) is 8.48. The normalized spacial score (nSPS) is 23.0. The molecule has 9 heteroatoms. The van der Waals surface area contributed by atoms with Gasteiger partial charge < -0.3 is 20.1 Å². The fraction of sp³-hybridized carbons (Fsp3) is 0.348. The summed E-state index contributed by atoms with van der Waals surface area (Å²) in [5.74, 6) is -0.981. The zero-order valence-corrected chi connectivity index (χ0v) is 17.4. The van der Waals surface area contributed by atoms with E-state index >= 15 is 0 Å². The van der Waals surface area contributed by atoms with E-state index in [4.69, 9.17) is 9.47 Å². The molecule has 1 atom stereocenters. The average molecular weight is 439 g/mol. The predicted molar refractivity (Wildman–Crippen MR) is 112 cm³/mol. The number of hydrogen-bond donors (Lipinski definition) is 2. The molecule has 2 aliphatic heterocycles. The zero-order chi connectivity index (χ0) is 22.5. The van der Waals surface area contributed by atoms with Crippen molar-refractivity contribution in [1.82, 2.24) is 10.2 Å². The Hall–Kier alpha value is -3.62. The molecule has 3 aliphatic rings. The Balaban J connectivity index is 1.26. The summed E-state index contributed by atoms with van der Waals surface area (Å²) >= 11 is 0. The molecule has 5 rings (SSSR count). The van der Waals surface area contributed by atoms with E-state index in [-0.39, 0.29) is 0 Å². The molecule has 1 spiro atoms. The molecule has 0 aromatic heterocycles. The van der Waals surface area contributed by atoms with Crippen LogP contribution in [0.2, 0.25) is 0 Å². The van der Waals surface area contributed by atoms with Crippen molar-refractivity contribution in [3.05, 3.63) is 53.8 Å². The molecule has 0 bridgehead atoms. The first kappa shape index (κ1) is 20.3. The Labute approximate surface area is 183 Å². The van der Waals surface area contributed by atoms with Crippen molar-refractivity contribution in [3.63, 3.8) is 0 Å². The fourth-order valence-electron chi connectivity index (χ4n) is 4.45. The van der Waals surface area contributed by atoms with Crippen LogP contribution in [0.4, 0.5) is 14.9 Å². The Bertz CT molecular complexity index is 1110. The lowest BCUT2D eigenvalue weighted by atomic mass is 9.92. The molecule has 32 heavy (non-hydrogen) atoms. The van der Waals surface area contributed by atoms with Crippen LogP contribution in [0.15, 0.2) is 42.5 Å². The highest BCUT2D eigenvalue weighted by molar-refractivity contribution is 6.10. The van der Waals surface area contributed by atoms with Gasteiger partial charge in [-0.05, 0) is 49.6 Å². The number of carbonyl (C=O) groups excluding carboxylic acids is 3. The van der Waals surface area contributed by atoms with E-state index in [0.717, 1.165) is 30.6 Å². The van der Waals surface area contributed by atoms with Crippen molar-refractivity contribution in [2.75, 3.05) is 11.9 Å². The van der Waals surface area contributed by atoms with Crippen molar-refractivity contribution < 1.29 is 28.2 Å². The van der Waals surface area contributed by atoms with Gasteiger partial charge >= 0.3 is 6.03 Å². The molecule has 166 valence electrons. The van der Waals surface area contributed by atoms with E-state index in [0.29, 0.717) is 22.7 Å². The van der Waals surface area contributed by atoms with Crippen LogP contribution in [-0.4, -0.2) is 35.1 Å². The van der Waals surface area contributed by atoms with Gasteiger partial charge in [-0.3, -0.25) is 14.5 Å². The number of anilines is 1. The van der Waals surface area contributed by atoms with Crippen LogP contribution in [-0.2, 0) is 15.1 Å². The molecule has 1 aliphatic carbocycles. The molecule has 0 radical (unpaired) electrons. The standard InChI is InChI=1S/C23H22FN3O5/c1-22(14-4-6-15(24)7-5-14)20(29)27(21(30)26-22)13-19(28)25-16-8-9-17-18(12-16)32-23(31-17)10-2-3-11-23/h4-9,12H,2-3,10-11,13H2,1H3,(H,25,28)(H,26,30). The quantitative estimate of drug-likeness (QED) is 0.713. The van der Waals surface area contributed by atoms with Gasteiger partial charge in [0.15, 0.2) is 11.5 Å². The molecule has 8 nitrogen and oxygen atoms in total. The maximum atomic E-state index is 13.2. The zero-order valence-electron chi connectivity index (χ0n) is 17.4. The smallest absolute Gasteiger partial charge is 0.325 e. The second-order valence-electron chi connectivity index (χ2n) is 8.48. The van der Waals surface area contributed by atoms with Crippen LogP contribution in [0.1, 0.15) is 38.2 Å². The van der Waals surface area contributed by atoms with Gasteiger partial charge in [-0.1, -0.05) is 12.1 Å². The number of benzene rings is 2. The first-order valence-corrected chi connectivity index (χ1v) is 10.5. The van der Waals surface area contributed by atoms with E-state index in [2.05, 4.69) is 10.6 Å². The Morgan fingerprint density at radius 1 is 1.09 bits per heavy atom. The van der Waals surface area contributed by atoms with E-state index < -0.39 is 41.5 Å². The topological polar surface area (TPSA) is 97.0 Å². The van der Waals surface area contributed by atoms with Crippen LogP contribution in [0.3, 0.4) is 0 Å². The summed E-state index contributed by atoms with van der Waals surface area (Å²) in [6, 6.07) is 9.69. The minimum Gasteiger partial charge on any atom is -0.448 e. The van der Waals surface area contributed by atoms with Gasteiger partial charge in [0.2, 0.25) is 5.91 Å². The third-order valence-electron chi connectivity index (χ3n) is 6.18. The maximum absolute atomic E-state index is 13.2. The number of urea groups is 1. The SMILES string of the molecule is CC1(c2ccc(F)cc2)NC(=O)N(CC(=O)Nc2ccc3c(c2)OC2(CCCC2)O3)C1=O. The number of nitrogens with one attached hydrogen (secondary N) is 2. The molecular formula is C23H22FN3O5. The highest BCUT2D eigenvalue weighted by Crippen LogP contribution is 2.47. The first-order chi connectivity index (χ1) is 15.3. The molecule has 2 aromatic carbocycles. The summed E-state index contributed by atoms with van der Waals surface area (Å²) < 4.78 is 25.2. The van der Waals surface area contributed by atoms with Crippen LogP contribution >= 0.6 is 0 Å². The monoisotopic (exact) mass is 439 g/mol. The summed E-state index contributed by atoms with van der Waals surface area (Å²) in [4.78, 5) is 38.8. The fourth-order valence-corrected chi connectivity index (χ4v) is 4.45. The number of carbonyl (C=O) groups is 3. The predicted octanol–water partition coefficient (Wildman–Crippen LogP) is 3.27. The van der Waals surface area contributed by atoms with Gasteiger partial charge in [0.05, 0.1) is 0 Å².